The molecule has 1 aromatic rings. The number of imide groups is 1. The van der Waals surface area contributed by atoms with Gasteiger partial charge in [0, 0.05) is 31.9 Å². The average molecular weight is 427 g/mol. The molecule has 1 aliphatic carbocycles. The molecule has 1 saturated carbocycles. The lowest BCUT2D eigenvalue weighted by molar-refractivity contribution is -0.140. The molecule has 31 heavy (non-hydrogen) atoms. The van der Waals surface area contributed by atoms with Gasteiger partial charge in [0.2, 0.25) is 5.91 Å². The SMILES string of the molecule is Cc1cccc(N2CCN(C(=O)CN3C(=O)N[C@@]4(C[C@H](C)CC(C)(C)C4)C3=O)CC2)c1. The van der Waals surface area contributed by atoms with Crippen molar-refractivity contribution in [3.8, 4) is 0 Å². The number of hydrogen-bond donors (Lipinski definition) is 1. The number of benzene rings is 1. The van der Waals surface area contributed by atoms with E-state index < -0.39 is 11.6 Å². The van der Waals surface area contributed by atoms with E-state index in [1.165, 1.54) is 5.56 Å². The number of urea groups is 1. The summed E-state index contributed by atoms with van der Waals surface area (Å²) in [6.45, 7) is 11.0. The van der Waals surface area contributed by atoms with Gasteiger partial charge in [-0.2, -0.15) is 0 Å². The van der Waals surface area contributed by atoms with Crippen molar-refractivity contribution in [3.63, 3.8) is 0 Å². The summed E-state index contributed by atoms with van der Waals surface area (Å²) in [5.41, 5.74) is 1.50. The van der Waals surface area contributed by atoms with Gasteiger partial charge in [-0.05, 0) is 55.2 Å². The van der Waals surface area contributed by atoms with Crippen LogP contribution in [0.3, 0.4) is 0 Å². The molecular weight excluding hydrogens is 392 g/mol. The fourth-order valence-corrected chi connectivity index (χ4v) is 5.92. The van der Waals surface area contributed by atoms with Crippen LogP contribution in [0.4, 0.5) is 10.5 Å². The van der Waals surface area contributed by atoms with Gasteiger partial charge in [0.25, 0.3) is 5.91 Å². The Kier molecular flexibility index (Phi) is 5.48. The second kappa shape index (κ2) is 7.84. The third kappa shape index (κ3) is 4.27. The number of anilines is 1. The molecule has 2 saturated heterocycles. The second-order valence-corrected chi connectivity index (χ2v) is 10.5. The number of amides is 4. The van der Waals surface area contributed by atoms with Gasteiger partial charge in [0.1, 0.15) is 12.1 Å². The largest absolute Gasteiger partial charge is 0.368 e. The summed E-state index contributed by atoms with van der Waals surface area (Å²) in [5, 5.41) is 2.96. The molecule has 3 aliphatic rings. The van der Waals surface area contributed by atoms with E-state index in [9.17, 15) is 14.4 Å². The lowest BCUT2D eigenvalue weighted by Crippen LogP contribution is -2.55. The van der Waals surface area contributed by atoms with E-state index in [0.29, 0.717) is 31.8 Å². The van der Waals surface area contributed by atoms with Gasteiger partial charge in [0.05, 0.1) is 0 Å². The van der Waals surface area contributed by atoms with Gasteiger partial charge in [-0.3, -0.25) is 14.5 Å². The summed E-state index contributed by atoms with van der Waals surface area (Å²) in [6, 6.07) is 7.92. The molecule has 4 rings (SSSR count). The number of nitrogens with one attached hydrogen (secondary N) is 1. The molecule has 1 spiro atoms. The maximum atomic E-state index is 13.3. The predicted molar refractivity (Wildman–Crippen MR) is 120 cm³/mol. The Morgan fingerprint density at radius 2 is 1.84 bits per heavy atom. The molecular formula is C24H34N4O3. The number of carbonyl (C=O) groups is 3. The summed E-state index contributed by atoms with van der Waals surface area (Å²) < 4.78 is 0. The van der Waals surface area contributed by atoms with Crippen molar-refractivity contribution in [2.24, 2.45) is 11.3 Å². The summed E-state index contributed by atoms with van der Waals surface area (Å²) >= 11 is 0. The van der Waals surface area contributed by atoms with Crippen LogP contribution in [0.2, 0.25) is 0 Å². The predicted octanol–water partition coefficient (Wildman–Crippen LogP) is 2.78. The molecule has 4 amide bonds. The lowest BCUT2D eigenvalue weighted by atomic mass is 9.64. The number of rotatable bonds is 3. The molecule has 1 aromatic carbocycles. The maximum Gasteiger partial charge on any atom is 0.325 e. The molecule has 0 aromatic heterocycles. The van der Waals surface area contributed by atoms with Crippen LogP contribution in [-0.2, 0) is 9.59 Å². The van der Waals surface area contributed by atoms with Crippen molar-refractivity contribution >= 4 is 23.5 Å². The van der Waals surface area contributed by atoms with Crippen LogP contribution in [0, 0.1) is 18.3 Å². The molecule has 7 nitrogen and oxygen atoms in total. The third-order valence-electron chi connectivity index (χ3n) is 6.92. The van der Waals surface area contributed by atoms with Gasteiger partial charge in [-0.1, -0.05) is 32.9 Å². The number of aryl methyl sites for hydroxylation is 1. The van der Waals surface area contributed by atoms with E-state index in [1.54, 1.807) is 4.90 Å². The highest BCUT2D eigenvalue weighted by molar-refractivity contribution is 6.09. The van der Waals surface area contributed by atoms with Crippen LogP contribution < -0.4 is 10.2 Å². The smallest absolute Gasteiger partial charge is 0.325 e. The Bertz CT molecular complexity index is 891. The zero-order chi connectivity index (χ0) is 22.4. The van der Waals surface area contributed by atoms with Crippen LogP contribution >= 0.6 is 0 Å². The number of piperazine rings is 1. The van der Waals surface area contributed by atoms with Gasteiger partial charge >= 0.3 is 6.03 Å². The van der Waals surface area contributed by atoms with Crippen LogP contribution in [0.1, 0.15) is 45.6 Å². The first kappa shape index (κ1) is 21.7. The van der Waals surface area contributed by atoms with Gasteiger partial charge in [-0.25, -0.2) is 4.79 Å². The van der Waals surface area contributed by atoms with E-state index in [-0.39, 0.29) is 23.8 Å². The quantitative estimate of drug-likeness (QED) is 0.755. The van der Waals surface area contributed by atoms with Crippen LogP contribution in [0.25, 0.3) is 0 Å². The van der Waals surface area contributed by atoms with Crippen LogP contribution in [0.15, 0.2) is 24.3 Å². The summed E-state index contributed by atoms with van der Waals surface area (Å²) in [6.07, 6.45) is 2.29. The molecule has 7 heteroatoms. The molecule has 0 bridgehead atoms. The lowest BCUT2D eigenvalue weighted by Gasteiger charge is -2.43. The average Bonchev–Trinajstić information content (AvgIpc) is 2.89. The minimum absolute atomic E-state index is 0.0211. The maximum absolute atomic E-state index is 13.3. The Hall–Kier alpha value is -2.57. The van der Waals surface area contributed by atoms with E-state index >= 15 is 0 Å². The highest BCUT2D eigenvalue weighted by atomic mass is 16.2. The van der Waals surface area contributed by atoms with Crippen molar-refractivity contribution in [3.05, 3.63) is 29.8 Å². The number of nitrogens with zero attached hydrogens (tertiary/aromatic N) is 3. The van der Waals surface area contributed by atoms with Crippen molar-refractivity contribution < 1.29 is 14.4 Å². The Labute approximate surface area is 184 Å². The molecule has 3 fully saturated rings. The minimum atomic E-state index is -0.859. The Balaban J connectivity index is 1.38. The van der Waals surface area contributed by atoms with Crippen molar-refractivity contribution in [1.29, 1.82) is 0 Å². The van der Waals surface area contributed by atoms with Crippen molar-refractivity contribution in [2.45, 2.75) is 52.5 Å². The van der Waals surface area contributed by atoms with Crippen molar-refractivity contribution in [1.82, 2.24) is 15.1 Å². The zero-order valence-electron chi connectivity index (χ0n) is 19.1. The summed E-state index contributed by atoms with van der Waals surface area (Å²) in [7, 11) is 0. The normalized spacial score (nSPS) is 28.3. The molecule has 0 unspecified atom stereocenters. The molecule has 1 N–H and O–H groups in total. The van der Waals surface area contributed by atoms with Crippen LogP contribution in [0.5, 0.6) is 0 Å². The fourth-order valence-electron chi connectivity index (χ4n) is 5.92. The van der Waals surface area contributed by atoms with E-state index in [4.69, 9.17) is 0 Å². The zero-order valence-corrected chi connectivity index (χ0v) is 19.1. The highest BCUT2D eigenvalue weighted by Gasteiger charge is 2.56. The van der Waals surface area contributed by atoms with E-state index in [2.05, 4.69) is 56.1 Å². The molecule has 2 atom stereocenters. The van der Waals surface area contributed by atoms with Crippen LogP contribution in [-0.4, -0.2) is 65.9 Å². The summed E-state index contributed by atoms with van der Waals surface area (Å²) in [4.78, 5) is 44.1. The molecule has 2 heterocycles. The third-order valence-corrected chi connectivity index (χ3v) is 6.92. The summed E-state index contributed by atoms with van der Waals surface area (Å²) in [5.74, 6) is -0.0465. The van der Waals surface area contributed by atoms with Gasteiger partial charge < -0.3 is 15.1 Å². The first-order valence-electron chi connectivity index (χ1n) is 11.3. The fraction of sp³-hybridized carbons (Fsp3) is 0.625. The van der Waals surface area contributed by atoms with Gasteiger partial charge in [0.15, 0.2) is 0 Å². The standard InChI is InChI=1S/C24H34N4O3/c1-17-6-5-7-19(12-17)26-8-10-27(11-9-26)20(29)15-28-21(30)24(25-22(28)31)14-18(2)13-23(3,4)16-24/h5-7,12,18H,8-11,13-16H2,1-4H3,(H,25,31)/t18-,24-/m1/s1. The monoisotopic (exact) mass is 426 g/mol. The molecule has 0 radical (unpaired) electrons. The van der Waals surface area contributed by atoms with E-state index in [1.807, 2.05) is 6.07 Å². The highest BCUT2D eigenvalue weighted by Crippen LogP contribution is 2.46. The Morgan fingerprint density at radius 1 is 1.13 bits per heavy atom. The molecule has 168 valence electrons. The minimum Gasteiger partial charge on any atom is -0.368 e. The first-order valence-corrected chi connectivity index (χ1v) is 11.3. The van der Waals surface area contributed by atoms with E-state index in [0.717, 1.165) is 30.1 Å². The number of carbonyl (C=O) groups excluding carboxylic acids is 3. The first-order chi connectivity index (χ1) is 14.6. The topological polar surface area (TPSA) is 73.0 Å². The Morgan fingerprint density at radius 3 is 2.48 bits per heavy atom. The number of hydrogen-bond acceptors (Lipinski definition) is 4. The van der Waals surface area contributed by atoms with Gasteiger partial charge in [-0.15, -0.1) is 0 Å². The molecule has 2 aliphatic heterocycles. The second-order valence-electron chi connectivity index (χ2n) is 10.5. The van der Waals surface area contributed by atoms with Crippen molar-refractivity contribution in [2.75, 3.05) is 37.6 Å².